The number of fused-ring (bicyclic) bond motifs is 1. The Morgan fingerprint density at radius 2 is 1.95 bits per heavy atom. The van der Waals surface area contributed by atoms with E-state index in [1.165, 1.54) is 0 Å². The van der Waals surface area contributed by atoms with E-state index in [9.17, 15) is 4.79 Å². The van der Waals surface area contributed by atoms with Gasteiger partial charge in [-0.05, 0) is 25.5 Å². The molecule has 0 fully saturated rings. The van der Waals surface area contributed by atoms with E-state index in [1.807, 2.05) is 31.2 Å². The van der Waals surface area contributed by atoms with E-state index in [1.54, 1.807) is 11.0 Å². The number of amides is 1. The number of nitrogens with zero attached hydrogens (tertiary/aromatic N) is 2. The zero-order valence-corrected chi connectivity index (χ0v) is 12.1. The lowest BCUT2D eigenvalue weighted by Crippen LogP contribution is -2.35. The summed E-state index contributed by atoms with van der Waals surface area (Å²) in [7, 11) is 0. The van der Waals surface area contributed by atoms with Crippen molar-refractivity contribution in [3.05, 3.63) is 41.6 Å². The lowest BCUT2D eigenvalue weighted by molar-refractivity contribution is 0.0712. The number of rotatable bonds is 6. The van der Waals surface area contributed by atoms with E-state index in [-0.39, 0.29) is 25.7 Å². The summed E-state index contributed by atoms with van der Waals surface area (Å²) >= 11 is 0. The standard InChI is InChI=1S/C16H20N2O3/c1-12-6-7-13-4-2-5-14(15(13)17-12)16(21)18(9-11-20)8-3-10-19/h2,4-7,19-20H,3,8-11H2,1H3. The molecule has 0 saturated carbocycles. The summed E-state index contributed by atoms with van der Waals surface area (Å²) < 4.78 is 0. The van der Waals surface area contributed by atoms with Crippen LogP contribution in [0.4, 0.5) is 0 Å². The molecule has 0 spiro atoms. The second-order valence-corrected chi connectivity index (χ2v) is 4.92. The van der Waals surface area contributed by atoms with Gasteiger partial charge < -0.3 is 15.1 Å². The maximum atomic E-state index is 12.7. The molecule has 5 nitrogen and oxygen atoms in total. The Kier molecular flexibility index (Phi) is 5.25. The first-order valence-electron chi connectivity index (χ1n) is 7.04. The first-order valence-corrected chi connectivity index (χ1v) is 7.04. The van der Waals surface area contributed by atoms with Crippen LogP contribution in [0.5, 0.6) is 0 Å². The summed E-state index contributed by atoms with van der Waals surface area (Å²) in [6, 6.07) is 9.35. The third-order valence-electron chi connectivity index (χ3n) is 3.33. The molecule has 1 aromatic carbocycles. The molecule has 0 aliphatic heterocycles. The number of carbonyl (C=O) groups excluding carboxylic acids is 1. The monoisotopic (exact) mass is 288 g/mol. The van der Waals surface area contributed by atoms with Crippen LogP contribution in [0.3, 0.4) is 0 Å². The fourth-order valence-electron chi connectivity index (χ4n) is 2.28. The van der Waals surface area contributed by atoms with Crippen molar-refractivity contribution in [2.24, 2.45) is 0 Å². The highest BCUT2D eigenvalue weighted by Gasteiger charge is 2.18. The number of aliphatic hydroxyl groups excluding tert-OH is 2. The van der Waals surface area contributed by atoms with Crippen LogP contribution in [0.25, 0.3) is 10.9 Å². The number of hydrogen-bond donors (Lipinski definition) is 2. The smallest absolute Gasteiger partial charge is 0.256 e. The highest BCUT2D eigenvalue weighted by molar-refractivity contribution is 6.05. The number of aromatic nitrogens is 1. The van der Waals surface area contributed by atoms with E-state index in [0.29, 0.717) is 24.0 Å². The largest absolute Gasteiger partial charge is 0.396 e. The maximum Gasteiger partial charge on any atom is 0.256 e. The quantitative estimate of drug-likeness (QED) is 0.841. The van der Waals surface area contributed by atoms with E-state index in [0.717, 1.165) is 11.1 Å². The van der Waals surface area contributed by atoms with E-state index >= 15 is 0 Å². The van der Waals surface area contributed by atoms with Gasteiger partial charge in [0.25, 0.3) is 5.91 Å². The minimum Gasteiger partial charge on any atom is -0.396 e. The molecular weight excluding hydrogens is 268 g/mol. The van der Waals surface area contributed by atoms with Gasteiger partial charge >= 0.3 is 0 Å². The normalized spacial score (nSPS) is 10.8. The Balaban J connectivity index is 2.38. The lowest BCUT2D eigenvalue weighted by Gasteiger charge is -2.22. The second-order valence-electron chi connectivity index (χ2n) is 4.92. The Morgan fingerprint density at radius 1 is 1.14 bits per heavy atom. The van der Waals surface area contributed by atoms with Crippen LogP contribution >= 0.6 is 0 Å². The van der Waals surface area contributed by atoms with E-state index < -0.39 is 0 Å². The Labute approximate surface area is 123 Å². The van der Waals surface area contributed by atoms with Crippen LogP contribution in [0.15, 0.2) is 30.3 Å². The van der Waals surface area contributed by atoms with Gasteiger partial charge in [-0.2, -0.15) is 0 Å². The topological polar surface area (TPSA) is 73.7 Å². The molecule has 1 amide bonds. The van der Waals surface area contributed by atoms with Crippen molar-refractivity contribution in [2.45, 2.75) is 13.3 Å². The first-order chi connectivity index (χ1) is 10.2. The van der Waals surface area contributed by atoms with Gasteiger partial charge in [0.2, 0.25) is 0 Å². The van der Waals surface area contributed by atoms with Crippen LogP contribution in [0.2, 0.25) is 0 Å². The number of benzene rings is 1. The molecule has 0 atom stereocenters. The number of para-hydroxylation sites is 1. The SMILES string of the molecule is Cc1ccc2cccc(C(=O)N(CCO)CCCO)c2n1. The summed E-state index contributed by atoms with van der Waals surface area (Å²) in [5, 5.41) is 19.0. The van der Waals surface area contributed by atoms with Crippen molar-refractivity contribution >= 4 is 16.8 Å². The molecule has 1 aromatic heterocycles. The lowest BCUT2D eigenvalue weighted by atomic mass is 10.1. The van der Waals surface area contributed by atoms with Crippen molar-refractivity contribution in [2.75, 3.05) is 26.3 Å². The predicted octanol–water partition coefficient (Wildman–Crippen LogP) is 1.36. The van der Waals surface area contributed by atoms with Gasteiger partial charge in [0, 0.05) is 30.8 Å². The van der Waals surface area contributed by atoms with Gasteiger partial charge in [0.1, 0.15) is 0 Å². The molecule has 0 unspecified atom stereocenters. The Bertz CT molecular complexity index is 628. The van der Waals surface area contributed by atoms with Crippen molar-refractivity contribution in [3.63, 3.8) is 0 Å². The second kappa shape index (κ2) is 7.15. The minimum atomic E-state index is -0.166. The molecule has 112 valence electrons. The molecule has 0 aliphatic rings. The van der Waals surface area contributed by atoms with Gasteiger partial charge in [0.15, 0.2) is 0 Å². The zero-order chi connectivity index (χ0) is 15.2. The van der Waals surface area contributed by atoms with Gasteiger partial charge in [-0.15, -0.1) is 0 Å². The molecule has 2 rings (SSSR count). The summed E-state index contributed by atoms with van der Waals surface area (Å²) in [5.41, 5.74) is 2.06. The predicted molar refractivity (Wildman–Crippen MR) is 81.2 cm³/mol. The molecule has 0 saturated heterocycles. The van der Waals surface area contributed by atoms with Gasteiger partial charge in [-0.25, -0.2) is 0 Å². The van der Waals surface area contributed by atoms with E-state index in [2.05, 4.69) is 4.98 Å². The molecule has 21 heavy (non-hydrogen) atoms. The number of hydrogen-bond acceptors (Lipinski definition) is 4. The van der Waals surface area contributed by atoms with Crippen molar-refractivity contribution in [1.29, 1.82) is 0 Å². The average Bonchev–Trinajstić information content (AvgIpc) is 2.50. The molecule has 0 aliphatic carbocycles. The summed E-state index contributed by atoms with van der Waals surface area (Å²) in [6.45, 7) is 2.47. The van der Waals surface area contributed by atoms with Crippen LogP contribution < -0.4 is 0 Å². The maximum absolute atomic E-state index is 12.7. The molecule has 1 heterocycles. The van der Waals surface area contributed by atoms with Crippen molar-refractivity contribution in [3.8, 4) is 0 Å². The molecule has 2 N–H and O–H groups in total. The molecule has 0 bridgehead atoms. The Hall–Kier alpha value is -1.98. The number of pyridine rings is 1. The van der Waals surface area contributed by atoms with Gasteiger partial charge in [0.05, 0.1) is 17.7 Å². The highest BCUT2D eigenvalue weighted by atomic mass is 16.3. The zero-order valence-electron chi connectivity index (χ0n) is 12.1. The van der Waals surface area contributed by atoms with Gasteiger partial charge in [-0.1, -0.05) is 18.2 Å². The molecule has 5 heteroatoms. The van der Waals surface area contributed by atoms with Crippen LogP contribution in [-0.4, -0.2) is 52.3 Å². The Morgan fingerprint density at radius 3 is 2.67 bits per heavy atom. The molecular formula is C16H20N2O3. The van der Waals surface area contributed by atoms with Crippen molar-refractivity contribution < 1.29 is 15.0 Å². The van der Waals surface area contributed by atoms with Crippen molar-refractivity contribution in [1.82, 2.24) is 9.88 Å². The third kappa shape index (κ3) is 3.56. The van der Waals surface area contributed by atoms with Gasteiger partial charge in [-0.3, -0.25) is 9.78 Å². The van der Waals surface area contributed by atoms with E-state index in [4.69, 9.17) is 10.2 Å². The average molecular weight is 288 g/mol. The fraction of sp³-hybridized carbons (Fsp3) is 0.375. The summed E-state index contributed by atoms with van der Waals surface area (Å²) in [5.74, 6) is -0.166. The molecule has 2 aromatic rings. The van der Waals surface area contributed by atoms with Crippen LogP contribution in [0, 0.1) is 6.92 Å². The highest BCUT2D eigenvalue weighted by Crippen LogP contribution is 2.19. The number of carbonyl (C=O) groups is 1. The van der Waals surface area contributed by atoms with Crippen LogP contribution in [-0.2, 0) is 0 Å². The van der Waals surface area contributed by atoms with Crippen LogP contribution in [0.1, 0.15) is 22.5 Å². The number of aliphatic hydroxyl groups is 2. The minimum absolute atomic E-state index is 0.0160. The molecule has 0 radical (unpaired) electrons. The summed E-state index contributed by atoms with van der Waals surface area (Å²) in [6.07, 6.45) is 0.489. The fourth-order valence-corrected chi connectivity index (χ4v) is 2.28. The third-order valence-corrected chi connectivity index (χ3v) is 3.33. The number of aryl methyl sites for hydroxylation is 1. The first kappa shape index (κ1) is 15.4. The summed E-state index contributed by atoms with van der Waals surface area (Å²) in [4.78, 5) is 18.7.